The Bertz CT molecular complexity index is 355. The molecule has 1 rings (SSSR count). The molecule has 0 aromatic heterocycles. The maximum Gasteiger partial charge on any atom is 0.129 e. The molecule has 1 aromatic rings. The van der Waals surface area contributed by atoms with Crippen LogP contribution in [0.2, 0.25) is 0 Å². The molecule has 0 fully saturated rings. The Balaban J connectivity index is 2.73. The molecule has 2 atom stereocenters. The summed E-state index contributed by atoms with van der Waals surface area (Å²) in [7, 11) is 0. The second-order valence-corrected chi connectivity index (χ2v) is 4.34. The van der Waals surface area contributed by atoms with E-state index in [0.717, 1.165) is 6.07 Å². The first-order chi connectivity index (χ1) is 7.41. The molecule has 0 aliphatic carbocycles. The molecule has 2 unspecified atom stereocenters. The van der Waals surface area contributed by atoms with Crippen LogP contribution in [0.1, 0.15) is 19.4 Å². The van der Waals surface area contributed by atoms with Crippen molar-refractivity contribution in [3.63, 3.8) is 0 Å². The lowest BCUT2D eigenvalue weighted by molar-refractivity contribution is 0.0975. The molecule has 0 radical (unpaired) electrons. The molecule has 0 amide bonds. The molecular formula is C12H17F2NO. The Labute approximate surface area is 94.1 Å². The summed E-state index contributed by atoms with van der Waals surface area (Å²) < 4.78 is 25.9. The molecule has 0 aliphatic heterocycles. The molecule has 0 heterocycles. The molecular weight excluding hydrogens is 212 g/mol. The highest BCUT2D eigenvalue weighted by molar-refractivity contribution is 5.19. The second kappa shape index (κ2) is 5.37. The first kappa shape index (κ1) is 13.1. The smallest absolute Gasteiger partial charge is 0.129 e. The number of halogens is 2. The van der Waals surface area contributed by atoms with Crippen molar-refractivity contribution >= 4 is 0 Å². The normalized spacial score (nSPS) is 15.2. The lowest BCUT2D eigenvalue weighted by atomic mass is 9.95. The fourth-order valence-corrected chi connectivity index (χ4v) is 1.56. The van der Waals surface area contributed by atoms with Crippen LogP contribution in [0, 0.1) is 17.6 Å². The van der Waals surface area contributed by atoms with E-state index in [0.29, 0.717) is 5.56 Å². The van der Waals surface area contributed by atoms with Gasteiger partial charge in [0.15, 0.2) is 0 Å². The second-order valence-electron chi connectivity index (χ2n) is 4.34. The highest BCUT2D eigenvalue weighted by Gasteiger charge is 2.19. The van der Waals surface area contributed by atoms with Crippen molar-refractivity contribution in [2.75, 3.05) is 0 Å². The summed E-state index contributed by atoms with van der Waals surface area (Å²) in [6.07, 6.45) is -0.490. The Hall–Kier alpha value is -1.00. The van der Waals surface area contributed by atoms with Gasteiger partial charge in [0.1, 0.15) is 11.6 Å². The molecule has 16 heavy (non-hydrogen) atoms. The third kappa shape index (κ3) is 3.25. The van der Waals surface area contributed by atoms with Crippen LogP contribution in [0.5, 0.6) is 0 Å². The van der Waals surface area contributed by atoms with E-state index in [2.05, 4.69) is 0 Å². The third-order valence-corrected chi connectivity index (χ3v) is 2.59. The standard InChI is InChI=1S/C12H17F2NO/c1-7(2)12(16)11(15)5-8-3-4-9(13)6-10(8)14/h3-4,6-7,11-12,16H,5,15H2,1-2H3. The molecule has 1 aromatic carbocycles. The zero-order chi connectivity index (χ0) is 12.3. The SMILES string of the molecule is CC(C)C(O)C(N)Cc1ccc(F)cc1F. The van der Waals surface area contributed by atoms with Gasteiger partial charge in [0, 0.05) is 12.1 Å². The summed E-state index contributed by atoms with van der Waals surface area (Å²) >= 11 is 0. The molecule has 0 aliphatic rings. The predicted octanol–water partition coefficient (Wildman–Crippen LogP) is 1.85. The van der Waals surface area contributed by atoms with Crippen LogP contribution in [-0.4, -0.2) is 17.3 Å². The number of benzene rings is 1. The molecule has 3 N–H and O–H groups in total. The Morgan fingerprint density at radius 3 is 2.44 bits per heavy atom. The number of nitrogens with two attached hydrogens (primary N) is 1. The number of aliphatic hydroxyl groups is 1. The van der Waals surface area contributed by atoms with E-state index in [1.165, 1.54) is 12.1 Å². The molecule has 90 valence electrons. The molecule has 0 spiro atoms. The van der Waals surface area contributed by atoms with Crippen LogP contribution in [0.3, 0.4) is 0 Å². The topological polar surface area (TPSA) is 46.2 Å². The van der Waals surface area contributed by atoms with Crippen LogP contribution in [-0.2, 0) is 6.42 Å². The predicted molar refractivity (Wildman–Crippen MR) is 58.9 cm³/mol. The van der Waals surface area contributed by atoms with Crippen LogP contribution in [0.15, 0.2) is 18.2 Å². The van der Waals surface area contributed by atoms with Crippen LogP contribution in [0.4, 0.5) is 8.78 Å². The molecule has 4 heteroatoms. The van der Waals surface area contributed by atoms with Crippen molar-refractivity contribution < 1.29 is 13.9 Å². The summed E-state index contributed by atoms with van der Waals surface area (Å²) in [6, 6.07) is 2.83. The number of hydrogen-bond acceptors (Lipinski definition) is 2. The van der Waals surface area contributed by atoms with E-state index in [1.54, 1.807) is 0 Å². The third-order valence-electron chi connectivity index (χ3n) is 2.59. The monoisotopic (exact) mass is 229 g/mol. The molecule has 0 bridgehead atoms. The van der Waals surface area contributed by atoms with Crippen LogP contribution in [0.25, 0.3) is 0 Å². The maximum atomic E-state index is 13.3. The lowest BCUT2D eigenvalue weighted by Gasteiger charge is -2.22. The molecule has 0 saturated heterocycles. The highest BCUT2D eigenvalue weighted by atomic mass is 19.1. The Morgan fingerprint density at radius 2 is 1.94 bits per heavy atom. The fraction of sp³-hybridized carbons (Fsp3) is 0.500. The summed E-state index contributed by atoms with van der Waals surface area (Å²) in [5.41, 5.74) is 6.07. The van der Waals surface area contributed by atoms with E-state index in [-0.39, 0.29) is 12.3 Å². The van der Waals surface area contributed by atoms with Crippen molar-refractivity contribution in [1.29, 1.82) is 0 Å². The van der Waals surface area contributed by atoms with Crippen molar-refractivity contribution in [3.8, 4) is 0 Å². The van der Waals surface area contributed by atoms with Gasteiger partial charge in [-0.25, -0.2) is 8.78 Å². The van der Waals surface area contributed by atoms with E-state index in [1.807, 2.05) is 13.8 Å². The number of aliphatic hydroxyl groups excluding tert-OH is 1. The minimum Gasteiger partial charge on any atom is -0.391 e. The summed E-state index contributed by atoms with van der Waals surface area (Å²) in [6.45, 7) is 3.68. The zero-order valence-electron chi connectivity index (χ0n) is 9.45. The first-order valence-corrected chi connectivity index (χ1v) is 5.29. The van der Waals surface area contributed by atoms with Crippen LogP contribution >= 0.6 is 0 Å². The lowest BCUT2D eigenvalue weighted by Crippen LogP contribution is -2.40. The minimum absolute atomic E-state index is 0.0125. The van der Waals surface area contributed by atoms with Gasteiger partial charge in [-0.2, -0.15) is 0 Å². The minimum atomic E-state index is -0.690. The van der Waals surface area contributed by atoms with Crippen molar-refractivity contribution in [3.05, 3.63) is 35.4 Å². The number of rotatable bonds is 4. The van der Waals surface area contributed by atoms with Crippen molar-refractivity contribution in [2.45, 2.75) is 32.4 Å². The Kier molecular flexibility index (Phi) is 4.38. The van der Waals surface area contributed by atoms with Gasteiger partial charge in [-0.3, -0.25) is 0 Å². The van der Waals surface area contributed by atoms with Gasteiger partial charge in [0.25, 0.3) is 0 Å². The van der Waals surface area contributed by atoms with E-state index in [4.69, 9.17) is 5.73 Å². The van der Waals surface area contributed by atoms with Crippen LogP contribution < -0.4 is 5.73 Å². The van der Waals surface area contributed by atoms with E-state index >= 15 is 0 Å². The van der Waals surface area contributed by atoms with Gasteiger partial charge < -0.3 is 10.8 Å². The van der Waals surface area contributed by atoms with Gasteiger partial charge >= 0.3 is 0 Å². The summed E-state index contributed by atoms with van der Waals surface area (Å²) in [5, 5.41) is 9.68. The number of hydrogen-bond donors (Lipinski definition) is 2. The van der Waals surface area contributed by atoms with Gasteiger partial charge in [-0.05, 0) is 24.0 Å². The highest BCUT2D eigenvalue weighted by Crippen LogP contribution is 2.14. The summed E-state index contributed by atoms with van der Waals surface area (Å²) in [5.74, 6) is -1.22. The molecule has 2 nitrogen and oxygen atoms in total. The van der Waals surface area contributed by atoms with Gasteiger partial charge in [0.2, 0.25) is 0 Å². The van der Waals surface area contributed by atoms with E-state index < -0.39 is 23.8 Å². The zero-order valence-corrected chi connectivity index (χ0v) is 9.45. The first-order valence-electron chi connectivity index (χ1n) is 5.29. The largest absolute Gasteiger partial charge is 0.391 e. The van der Waals surface area contributed by atoms with Gasteiger partial charge in [-0.15, -0.1) is 0 Å². The quantitative estimate of drug-likeness (QED) is 0.827. The van der Waals surface area contributed by atoms with Crippen molar-refractivity contribution in [1.82, 2.24) is 0 Å². The Morgan fingerprint density at radius 1 is 1.31 bits per heavy atom. The maximum absolute atomic E-state index is 13.3. The molecule has 0 saturated carbocycles. The van der Waals surface area contributed by atoms with Gasteiger partial charge in [0.05, 0.1) is 6.10 Å². The average molecular weight is 229 g/mol. The van der Waals surface area contributed by atoms with Crippen molar-refractivity contribution in [2.24, 2.45) is 11.7 Å². The average Bonchev–Trinajstić information content (AvgIpc) is 2.20. The van der Waals surface area contributed by atoms with E-state index in [9.17, 15) is 13.9 Å². The summed E-state index contributed by atoms with van der Waals surface area (Å²) in [4.78, 5) is 0. The van der Waals surface area contributed by atoms with Gasteiger partial charge in [-0.1, -0.05) is 19.9 Å². The fourth-order valence-electron chi connectivity index (χ4n) is 1.56.